The van der Waals surface area contributed by atoms with E-state index in [2.05, 4.69) is 12.2 Å². The monoisotopic (exact) mass is 347 g/mol. The lowest BCUT2D eigenvalue weighted by atomic mass is 9.90. The minimum Gasteiger partial charge on any atom is -0.478 e. The van der Waals surface area contributed by atoms with E-state index in [1.807, 2.05) is 0 Å². The van der Waals surface area contributed by atoms with E-state index >= 15 is 0 Å². The van der Waals surface area contributed by atoms with Crippen LogP contribution in [0.25, 0.3) is 0 Å². The van der Waals surface area contributed by atoms with Crippen molar-refractivity contribution in [3.63, 3.8) is 0 Å². The highest BCUT2D eigenvalue weighted by atomic mass is 19.1. The van der Waals surface area contributed by atoms with Gasteiger partial charge in [-0.25, -0.2) is 9.18 Å². The number of rotatable bonds is 5. The SMILES string of the molecule is O=C(CC1C=CCC1)N1CCC(Oc2ccc(F)cc2)(C(=O)O)CC1. The number of carboxylic acid groups (broad SMARTS) is 1. The van der Waals surface area contributed by atoms with Crippen LogP contribution in [0.3, 0.4) is 0 Å². The van der Waals surface area contributed by atoms with Crippen molar-refractivity contribution < 1.29 is 23.8 Å². The second kappa shape index (κ2) is 7.25. The molecule has 5 nitrogen and oxygen atoms in total. The molecular weight excluding hydrogens is 325 g/mol. The van der Waals surface area contributed by atoms with Crippen LogP contribution < -0.4 is 4.74 Å². The summed E-state index contributed by atoms with van der Waals surface area (Å²) >= 11 is 0. The van der Waals surface area contributed by atoms with Crippen LogP contribution in [0.15, 0.2) is 36.4 Å². The number of piperidine rings is 1. The molecule has 1 amide bonds. The molecule has 1 unspecified atom stereocenters. The van der Waals surface area contributed by atoms with E-state index in [0.29, 0.717) is 31.2 Å². The van der Waals surface area contributed by atoms with Crippen molar-refractivity contribution >= 4 is 11.9 Å². The largest absolute Gasteiger partial charge is 0.478 e. The van der Waals surface area contributed by atoms with Crippen molar-refractivity contribution in [1.29, 1.82) is 0 Å². The van der Waals surface area contributed by atoms with Gasteiger partial charge in [-0.2, -0.15) is 0 Å². The van der Waals surface area contributed by atoms with Gasteiger partial charge in [0.25, 0.3) is 0 Å². The lowest BCUT2D eigenvalue weighted by molar-refractivity contribution is -0.162. The summed E-state index contributed by atoms with van der Waals surface area (Å²) in [6, 6.07) is 5.31. The maximum Gasteiger partial charge on any atom is 0.348 e. The van der Waals surface area contributed by atoms with Gasteiger partial charge in [-0.3, -0.25) is 4.79 Å². The zero-order chi connectivity index (χ0) is 17.9. The van der Waals surface area contributed by atoms with Crippen molar-refractivity contribution in [1.82, 2.24) is 4.90 Å². The van der Waals surface area contributed by atoms with Gasteiger partial charge in [0.1, 0.15) is 11.6 Å². The fourth-order valence-electron chi connectivity index (χ4n) is 3.42. The first-order chi connectivity index (χ1) is 12.0. The molecule has 1 heterocycles. The number of amides is 1. The molecule has 0 radical (unpaired) electrons. The highest BCUT2D eigenvalue weighted by molar-refractivity contribution is 5.80. The van der Waals surface area contributed by atoms with Gasteiger partial charge >= 0.3 is 5.97 Å². The van der Waals surface area contributed by atoms with E-state index in [-0.39, 0.29) is 18.7 Å². The molecule has 6 heteroatoms. The van der Waals surface area contributed by atoms with E-state index in [9.17, 15) is 19.1 Å². The Balaban J connectivity index is 1.61. The van der Waals surface area contributed by atoms with Crippen molar-refractivity contribution in [3.05, 3.63) is 42.2 Å². The average molecular weight is 347 g/mol. The number of carbonyl (C=O) groups excluding carboxylic acids is 1. The van der Waals surface area contributed by atoms with Gasteiger partial charge in [0.2, 0.25) is 11.5 Å². The summed E-state index contributed by atoms with van der Waals surface area (Å²) < 4.78 is 18.7. The summed E-state index contributed by atoms with van der Waals surface area (Å²) in [4.78, 5) is 25.9. The van der Waals surface area contributed by atoms with Crippen LogP contribution >= 0.6 is 0 Å². The van der Waals surface area contributed by atoms with Crippen LogP contribution in [0.5, 0.6) is 5.75 Å². The molecule has 1 fully saturated rings. The first-order valence-electron chi connectivity index (χ1n) is 8.61. The quantitative estimate of drug-likeness (QED) is 0.832. The molecular formula is C19H22FNO4. The number of hydrogen-bond donors (Lipinski definition) is 1. The van der Waals surface area contributed by atoms with Gasteiger partial charge < -0.3 is 14.7 Å². The average Bonchev–Trinajstić information content (AvgIpc) is 3.10. The number of hydrogen-bond acceptors (Lipinski definition) is 3. The Morgan fingerprint density at radius 3 is 2.48 bits per heavy atom. The fourth-order valence-corrected chi connectivity index (χ4v) is 3.42. The van der Waals surface area contributed by atoms with Crippen LogP contribution in [0, 0.1) is 11.7 Å². The third kappa shape index (κ3) is 4.00. The molecule has 1 atom stereocenters. The van der Waals surface area contributed by atoms with E-state index in [1.165, 1.54) is 24.3 Å². The number of nitrogens with zero attached hydrogens (tertiary/aromatic N) is 1. The van der Waals surface area contributed by atoms with Crippen molar-refractivity contribution in [2.24, 2.45) is 5.92 Å². The topological polar surface area (TPSA) is 66.8 Å². The number of carbonyl (C=O) groups is 2. The third-order valence-corrected chi connectivity index (χ3v) is 4.99. The Bertz CT molecular complexity index is 663. The van der Waals surface area contributed by atoms with Gasteiger partial charge in [0.05, 0.1) is 0 Å². The summed E-state index contributed by atoms with van der Waals surface area (Å²) in [5.74, 6) is -0.771. The number of halogens is 1. The van der Waals surface area contributed by atoms with Crippen LogP contribution in [0.4, 0.5) is 4.39 Å². The second-order valence-electron chi connectivity index (χ2n) is 6.71. The fraction of sp³-hybridized carbons (Fsp3) is 0.474. The van der Waals surface area contributed by atoms with Gasteiger partial charge in [0, 0.05) is 32.4 Å². The lowest BCUT2D eigenvalue weighted by Gasteiger charge is -2.39. The van der Waals surface area contributed by atoms with Gasteiger partial charge in [0.15, 0.2) is 0 Å². The Hall–Kier alpha value is -2.37. The van der Waals surface area contributed by atoms with E-state index in [0.717, 1.165) is 12.8 Å². The van der Waals surface area contributed by atoms with Crippen molar-refractivity contribution in [2.75, 3.05) is 13.1 Å². The van der Waals surface area contributed by atoms with Crippen molar-refractivity contribution in [2.45, 2.75) is 37.7 Å². The van der Waals surface area contributed by atoms with E-state index in [1.54, 1.807) is 4.90 Å². The standard InChI is InChI=1S/C19H22FNO4/c20-15-5-7-16(8-6-15)25-19(18(23)24)9-11-21(12-10-19)17(22)13-14-3-1-2-4-14/h1,3,5-8,14H,2,4,9-13H2,(H,23,24). The first-order valence-corrected chi connectivity index (χ1v) is 8.61. The maximum atomic E-state index is 13.0. The van der Waals surface area contributed by atoms with Gasteiger partial charge in [-0.15, -0.1) is 0 Å². The highest BCUT2D eigenvalue weighted by Crippen LogP contribution is 2.30. The number of allylic oxidation sites excluding steroid dienone is 2. The molecule has 134 valence electrons. The molecule has 0 bridgehead atoms. The minimum atomic E-state index is -1.37. The van der Waals surface area contributed by atoms with Crippen LogP contribution in [-0.2, 0) is 9.59 Å². The first kappa shape index (κ1) is 17.5. The normalized spacial score (nSPS) is 22.0. The predicted molar refractivity (Wildman–Crippen MR) is 89.7 cm³/mol. The number of likely N-dealkylation sites (tertiary alicyclic amines) is 1. The highest BCUT2D eigenvalue weighted by Gasteiger charge is 2.45. The summed E-state index contributed by atoms with van der Waals surface area (Å²) in [6.07, 6.45) is 7.12. The molecule has 0 aromatic heterocycles. The predicted octanol–water partition coefficient (Wildman–Crippen LogP) is 3.01. The van der Waals surface area contributed by atoms with E-state index < -0.39 is 17.4 Å². The van der Waals surface area contributed by atoms with Gasteiger partial charge in [-0.05, 0) is 43.0 Å². The molecule has 0 spiro atoms. The Morgan fingerprint density at radius 2 is 1.92 bits per heavy atom. The number of benzene rings is 1. The summed E-state index contributed by atoms with van der Waals surface area (Å²) in [6.45, 7) is 0.700. The molecule has 2 aliphatic rings. The zero-order valence-electron chi connectivity index (χ0n) is 14.0. The third-order valence-electron chi connectivity index (χ3n) is 4.99. The smallest absolute Gasteiger partial charge is 0.348 e. The molecule has 25 heavy (non-hydrogen) atoms. The Morgan fingerprint density at radius 1 is 1.24 bits per heavy atom. The summed E-state index contributed by atoms with van der Waals surface area (Å²) in [7, 11) is 0. The number of aliphatic carboxylic acids is 1. The van der Waals surface area contributed by atoms with E-state index in [4.69, 9.17) is 4.74 Å². The Kier molecular flexibility index (Phi) is 5.06. The maximum absolute atomic E-state index is 13.0. The van der Waals surface area contributed by atoms with Crippen LogP contribution in [0.2, 0.25) is 0 Å². The zero-order valence-corrected chi connectivity index (χ0v) is 14.0. The second-order valence-corrected chi connectivity index (χ2v) is 6.71. The van der Waals surface area contributed by atoms with Crippen molar-refractivity contribution in [3.8, 4) is 5.75 Å². The molecule has 1 aromatic carbocycles. The summed E-state index contributed by atoms with van der Waals surface area (Å²) in [5.41, 5.74) is -1.37. The molecule has 1 aliphatic heterocycles. The van der Waals surface area contributed by atoms with Crippen LogP contribution in [0.1, 0.15) is 32.1 Å². The molecule has 1 N–H and O–H groups in total. The Labute approximate surface area is 146 Å². The molecule has 1 aliphatic carbocycles. The summed E-state index contributed by atoms with van der Waals surface area (Å²) in [5, 5.41) is 9.65. The number of ether oxygens (including phenoxy) is 1. The minimum absolute atomic E-state index is 0.0670. The lowest BCUT2D eigenvalue weighted by Crippen LogP contribution is -2.54. The van der Waals surface area contributed by atoms with Crippen LogP contribution in [-0.4, -0.2) is 40.6 Å². The molecule has 3 rings (SSSR count). The molecule has 0 saturated carbocycles. The molecule has 1 aromatic rings. The number of carboxylic acids is 1. The molecule has 1 saturated heterocycles. The van der Waals surface area contributed by atoms with Gasteiger partial charge in [-0.1, -0.05) is 12.2 Å².